The molecule has 3 nitrogen and oxygen atoms in total. The van der Waals surface area contributed by atoms with Crippen LogP contribution in [0.5, 0.6) is 0 Å². The number of rotatable bonds is 2. The van der Waals surface area contributed by atoms with Crippen LogP contribution < -0.4 is 5.73 Å². The van der Waals surface area contributed by atoms with Gasteiger partial charge in [-0.1, -0.05) is 25.1 Å². The molecule has 0 heterocycles. The number of hydrogen-bond donors (Lipinski definition) is 1. The Morgan fingerprint density at radius 2 is 2.07 bits per heavy atom. The maximum atomic E-state index is 10.3. The SMILES string of the molecule is CCC(=O)OC(C)N.c1cc2cc-2c1. The van der Waals surface area contributed by atoms with E-state index in [1.807, 2.05) is 0 Å². The van der Waals surface area contributed by atoms with Gasteiger partial charge in [0.25, 0.3) is 0 Å². The molecule has 0 saturated heterocycles. The van der Waals surface area contributed by atoms with Crippen molar-refractivity contribution in [1.82, 2.24) is 0 Å². The molecule has 14 heavy (non-hydrogen) atoms. The molecule has 2 rings (SSSR count). The van der Waals surface area contributed by atoms with E-state index in [0.717, 1.165) is 0 Å². The van der Waals surface area contributed by atoms with Crippen LogP contribution in [0, 0.1) is 0 Å². The molecule has 0 fully saturated rings. The summed E-state index contributed by atoms with van der Waals surface area (Å²) in [5.41, 5.74) is 7.98. The fraction of sp³-hybridized carbons (Fsp3) is 0.364. The summed E-state index contributed by atoms with van der Waals surface area (Å²) in [4.78, 5) is 10.3. The van der Waals surface area contributed by atoms with Crippen molar-refractivity contribution < 1.29 is 9.53 Å². The molecule has 0 aromatic heterocycles. The van der Waals surface area contributed by atoms with E-state index in [9.17, 15) is 4.79 Å². The Kier molecular flexibility index (Phi) is 3.65. The summed E-state index contributed by atoms with van der Waals surface area (Å²) in [5.74, 6) is -0.250. The van der Waals surface area contributed by atoms with Crippen molar-refractivity contribution in [1.29, 1.82) is 0 Å². The van der Waals surface area contributed by atoms with Crippen molar-refractivity contribution in [2.45, 2.75) is 26.5 Å². The Balaban J connectivity index is 0.000000143. The molecule has 0 bridgehead atoms. The van der Waals surface area contributed by atoms with Crippen molar-refractivity contribution in [3.8, 4) is 11.1 Å². The molecule has 2 aliphatic carbocycles. The first kappa shape index (κ1) is 10.7. The fourth-order valence-electron chi connectivity index (χ4n) is 0.966. The van der Waals surface area contributed by atoms with Gasteiger partial charge in [-0.05, 0) is 24.1 Å². The number of carbonyl (C=O) groups excluding carboxylic acids is 1. The zero-order chi connectivity index (χ0) is 10.6. The summed E-state index contributed by atoms with van der Waals surface area (Å²) in [6.07, 6.45) is -0.0795. The van der Waals surface area contributed by atoms with Gasteiger partial charge < -0.3 is 4.74 Å². The largest absolute Gasteiger partial charge is 0.447 e. The van der Waals surface area contributed by atoms with Crippen molar-refractivity contribution >= 4 is 5.97 Å². The van der Waals surface area contributed by atoms with Crippen LogP contribution in [-0.2, 0) is 9.53 Å². The summed E-state index contributed by atoms with van der Waals surface area (Å²) in [6.45, 7) is 3.35. The van der Waals surface area contributed by atoms with Gasteiger partial charge in [-0.3, -0.25) is 10.5 Å². The lowest BCUT2D eigenvalue weighted by atomic mass is 10.5. The Morgan fingerprint density at radius 1 is 1.50 bits per heavy atom. The predicted octanol–water partition coefficient (Wildman–Crippen LogP) is 1.91. The molecule has 0 aromatic rings. The van der Waals surface area contributed by atoms with E-state index in [2.05, 4.69) is 29.0 Å². The van der Waals surface area contributed by atoms with Gasteiger partial charge in [0.05, 0.1) is 0 Å². The Morgan fingerprint density at radius 3 is 2.21 bits per heavy atom. The van der Waals surface area contributed by atoms with Crippen LogP contribution in [0.25, 0.3) is 11.1 Å². The molecule has 0 aliphatic heterocycles. The highest BCUT2D eigenvalue weighted by Gasteiger charge is 2.06. The maximum absolute atomic E-state index is 10.3. The van der Waals surface area contributed by atoms with Crippen LogP contribution in [0.3, 0.4) is 0 Å². The van der Waals surface area contributed by atoms with E-state index in [4.69, 9.17) is 5.73 Å². The minimum absolute atomic E-state index is 0.250. The highest BCUT2D eigenvalue weighted by Crippen LogP contribution is 2.32. The lowest BCUT2D eigenvalue weighted by Gasteiger charge is -2.04. The van der Waals surface area contributed by atoms with Crippen LogP contribution in [-0.4, -0.2) is 12.2 Å². The third-order valence-corrected chi connectivity index (χ3v) is 1.72. The second-order valence-electron chi connectivity index (χ2n) is 3.13. The Hall–Kier alpha value is -1.35. The van der Waals surface area contributed by atoms with Gasteiger partial charge >= 0.3 is 5.97 Å². The third kappa shape index (κ3) is 3.58. The van der Waals surface area contributed by atoms with Gasteiger partial charge in [-0.25, -0.2) is 0 Å². The number of benzene rings is 1. The van der Waals surface area contributed by atoms with Crippen LogP contribution in [0.15, 0.2) is 24.3 Å². The van der Waals surface area contributed by atoms with Gasteiger partial charge in [-0.15, -0.1) is 0 Å². The van der Waals surface area contributed by atoms with Gasteiger partial charge in [0, 0.05) is 6.42 Å². The van der Waals surface area contributed by atoms with Crippen LogP contribution >= 0.6 is 0 Å². The van der Waals surface area contributed by atoms with Crippen molar-refractivity contribution in [3.63, 3.8) is 0 Å². The summed E-state index contributed by atoms with van der Waals surface area (Å²) >= 11 is 0. The van der Waals surface area contributed by atoms with Crippen molar-refractivity contribution in [2.75, 3.05) is 0 Å². The number of esters is 1. The number of hydrogen-bond acceptors (Lipinski definition) is 3. The highest BCUT2D eigenvalue weighted by atomic mass is 16.5. The quantitative estimate of drug-likeness (QED) is 0.585. The molecule has 1 atom stereocenters. The molecule has 3 heteroatoms. The van der Waals surface area contributed by atoms with E-state index in [-0.39, 0.29) is 5.97 Å². The molecular weight excluding hydrogens is 178 g/mol. The molecule has 0 aromatic carbocycles. The van der Waals surface area contributed by atoms with Gasteiger partial charge in [0.2, 0.25) is 0 Å². The monoisotopic (exact) mass is 193 g/mol. The molecule has 76 valence electrons. The smallest absolute Gasteiger partial charge is 0.307 e. The van der Waals surface area contributed by atoms with Crippen LogP contribution in [0.1, 0.15) is 20.3 Å². The van der Waals surface area contributed by atoms with E-state index >= 15 is 0 Å². The minimum atomic E-state index is -0.470. The van der Waals surface area contributed by atoms with Gasteiger partial charge in [0.1, 0.15) is 6.23 Å². The maximum Gasteiger partial charge on any atom is 0.307 e. The van der Waals surface area contributed by atoms with Gasteiger partial charge in [0.15, 0.2) is 0 Å². The highest BCUT2D eigenvalue weighted by molar-refractivity contribution is 5.80. The molecule has 0 amide bonds. The first-order valence-electron chi connectivity index (χ1n) is 4.69. The topological polar surface area (TPSA) is 52.3 Å². The third-order valence-electron chi connectivity index (χ3n) is 1.72. The van der Waals surface area contributed by atoms with E-state index in [1.165, 1.54) is 11.1 Å². The zero-order valence-corrected chi connectivity index (χ0v) is 8.49. The number of carbonyl (C=O) groups is 1. The molecule has 1 unspecified atom stereocenters. The Bertz CT molecular complexity index is 304. The molecule has 2 aliphatic rings. The predicted molar refractivity (Wildman–Crippen MR) is 55.5 cm³/mol. The number of fused-ring (bicyclic) bond motifs is 1. The summed E-state index contributed by atoms with van der Waals surface area (Å²) in [7, 11) is 0. The van der Waals surface area contributed by atoms with Gasteiger partial charge in [-0.2, -0.15) is 0 Å². The molecule has 0 spiro atoms. The van der Waals surface area contributed by atoms with Crippen LogP contribution in [0.2, 0.25) is 0 Å². The Labute approximate surface area is 83.9 Å². The molecule has 2 N–H and O–H groups in total. The second-order valence-corrected chi connectivity index (χ2v) is 3.13. The van der Waals surface area contributed by atoms with E-state index < -0.39 is 6.23 Å². The first-order chi connectivity index (χ1) is 6.63. The lowest BCUT2D eigenvalue weighted by Crippen LogP contribution is -2.22. The van der Waals surface area contributed by atoms with Crippen molar-refractivity contribution in [2.24, 2.45) is 5.73 Å². The fourth-order valence-corrected chi connectivity index (χ4v) is 0.966. The summed E-state index contributed by atoms with van der Waals surface area (Å²) in [5, 5.41) is 0. The number of nitrogens with two attached hydrogens (primary N) is 1. The average molecular weight is 193 g/mol. The van der Waals surface area contributed by atoms with Crippen molar-refractivity contribution in [3.05, 3.63) is 24.3 Å². The standard InChI is InChI=1S/C6H4.C5H11NO2/c1-2-5-4-6(5)3-1;1-3-5(7)8-4(2)6/h1-4H;4H,3,6H2,1-2H3. The lowest BCUT2D eigenvalue weighted by molar-refractivity contribution is -0.147. The normalized spacial score (nSPS) is 12.2. The molecular formula is C11H15NO2. The number of ether oxygens (including phenoxy) is 1. The molecule has 0 saturated carbocycles. The van der Waals surface area contributed by atoms with E-state index in [1.54, 1.807) is 13.8 Å². The van der Waals surface area contributed by atoms with Crippen LogP contribution in [0.4, 0.5) is 0 Å². The van der Waals surface area contributed by atoms with E-state index in [0.29, 0.717) is 6.42 Å². The zero-order valence-electron chi connectivity index (χ0n) is 8.49. The summed E-state index contributed by atoms with van der Waals surface area (Å²) in [6, 6.07) is 8.48. The summed E-state index contributed by atoms with van der Waals surface area (Å²) < 4.78 is 4.54. The second kappa shape index (κ2) is 4.77. The first-order valence-corrected chi connectivity index (χ1v) is 4.69. The average Bonchev–Trinajstić information content (AvgIpc) is 2.74. The minimum Gasteiger partial charge on any atom is -0.447 e. The molecule has 0 radical (unpaired) electrons.